The van der Waals surface area contributed by atoms with Gasteiger partial charge in [-0.1, -0.05) is 0 Å². The van der Waals surface area contributed by atoms with Crippen LogP contribution in [0, 0.1) is 0 Å². The topological polar surface area (TPSA) is 61.5 Å². The van der Waals surface area contributed by atoms with E-state index in [2.05, 4.69) is 9.57 Å². The van der Waals surface area contributed by atoms with Crippen LogP contribution in [0.5, 0.6) is 5.75 Å². The van der Waals surface area contributed by atoms with Crippen LogP contribution in [-0.4, -0.2) is 13.1 Å². The molecule has 2 N–H and O–H groups in total. The summed E-state index contributed by atoms with van der Waals surface area (Å²) in [7, 11) is 1.33. The van der Waals surface area contributed by atoms with Gasteiger partial charge in [0.2, 0.25) is 0 Å². The van der Waals surface area contributed by atoms with Crippen molar-refractivity contribution in [2.24, 2.45) is 5.90 Å². The van der Waals surface area contributed by atoms with Gasteiger partial charge >= 0.3 is 5.97 Å². The van der Waals surface area contributed by atoms with Crippen LogP contribution in [0.1, 0.15) is 10.4 Å². The zero-order chi connectivity index (χ0) is 8.97. The predicted molar refractivity (Wildman–Crippen MR) is 42.6 cm³/mol. The molecule has 1 rings (SSSR count). The second-order valence-corrected chi connectivity index (χ2v) is 2.13. The lowest BCUT2D eigenvalue weighted by Gasteiger charge is -2.00. The SMILES string of the molecule is COC(=O)c1ccc(ON)cc1. The normalized spacial score (nSPS) is 9.17. The molecule has 0 saturated heterocycles. The Balaban J connectivity index is 2.84. The first-order chi connectivity index (χ1) is 5.77. The third kappa shape index (κ3) is 1.73. The number of carbonyl (C=O) groups excluding carboxylic acids is 1. The highest BCUT2D eigenvalue weighted by Gasteiger charge is 2.03. The van der Waals surface area contributed by atoms with Crippen molar-refractivity contribution in [1.82, 2.24) is 0 Å². The van der Waals surface area contributed by atoms with Gasteiger partial charge in [0.1, 0.15) is 5.75 Å². The van der Waals surface area contributed by atoms with Crippen molar-refractivity contribution < 1.29 is 14.4 Å². The Kier molecular flexibility index (Phi) is 2.66. The van der Waals surface area contributed by atoms with Gasteiger partial charge in [-0.2, -0.15) is 5.90 Å². The minimum absolute atomic E-state index is 0.376. The molecule has 12 heavy (non-hydrogen) atoms. The van der Waals surface area contributed by atoms with E-state index in [4.69, 9.17) is 5.90 Å². The summed E-state index contributed by atoms with van der Waals surface area (Å²) in [5.74, 6) is 5.02. The number of carbonyl (C=O) groups is 1. The predicted octanol–water partition coefficient (Wildman–Crippen LogP) is 0.726. The maximum absolute atomic E-state index is 10.9. The average molecular weight is 167 g/mol. The molecule has 1 aromatic carbocycles. The van der Waals surface area contributed by atoms with Gasteiger partial charge in [-0.25, -0.2) is 4.79 Å². The highest BCUT2D eigenvalue weighted by atomic mass is 16.6. The lowest BCUT2D eigenvalue weighted by molar-refractivity contribution is 0.0600. The molecule has 0 unspecified atom stereocenters. The summed E-state index contributed by atoms with van der Waals surface area (Å²) in [5, 5.41) is 0. The van der Waals surface area contributed by atoms with E-state index in [9.17, 15) is 4.79 Å². The van der Waals surface area contributed by atoms with E-state index >= 15 is 0 Å². The molecule has 0 radical (unpaired) electrons. The molecule has 1 aromatic rings. The van der Waals surface area contributed by atoms with Gasteiger partial charge in [-0.3, -0.25) is 0 Å². The second-order valence-electron chi connectivity index (χ2n) is 2.13. The molecular weight excluding hydrogens is 158 g/mol. The van der Waals surface area contributed by atoms with Gasteiger partial charge in [-0.05, 0) is 24.3 Å². The van der Waals surface area contributed by atoms with Crippen molar-refractivity contribution in [2.75, 3.05) is 7.11 Å². The lowest BCUT2D eigenvalue weighted by atomic mass is 10.2. The molecule has 0 spiro atoms. The maximum atomic E-state index is 10.9. The van der Waals surface area contributed by atoms with E-state index in [-0.39, 0.29) is 5.97 Å². The first-order valence-corrected chi connectivity index (χ1v) is 3.33. The highest BCUT2D eigenvalue weighted by molar-refractivity contribution is 5.89. The van der Waals surface area contributed by atoms with Crippen LogP contribution >= 0.6 is 0 Å². The largest absolute Gasteiger partial charge is 0.465 e. The summed E-state index contributed by atoms with van der Waals surface area (Å²) < 4.78 is 4.50. The van der Waals surface area contributed by atoms with E-state index in [0.29, 0.717) is 11.3 Å². The smallest absolute Gasteiger partial charge is 0.337 e. The third-order valence-corrected chi connectivity index (χ3v) is 1.41. The molecule has 64 valence electrons. The van der Waals surface area contributed by atoms with Crippen LogP contribution < -0.4 is 10.7 Å². The fraction of sp³-hybridized carbons (Fsp3) is 0.125. The summed E-state index contributed by atoms with van der Waals surface area (Å²) >= 11 is 0. The molecule has 0 aromatic heterocycles. The molecular formula is C8H9NO3. The third-order valence-electron chi connectivity index (χ3n) is 1.41. The number of benzene rings is 1. The van der Waals surface area contributed by atoms with Gasteiger partial charge in [0.05, 0.1) is 12.7 Å². The molecule has 4 nitrogen and oxygen atoms in total. The fourth-order valence-corrected chi connectivity index (χ4v) is 0.787. The van der Waals surface area contributed by atoms with Crippen LogP contribution in [0.15, 0.2) is 24.3 Å². The first kappa shape index (κ1) is 8.55. The molecule has 0 bridgehead atoms. The monoisotopic (exact) mass is 167 g/mol. The molecule has 0 heterocycles. The minimum Gasteiger partial charge on any atom is -0.465 e. The summed E-state index contributed by atoms with van der Waals surface area (Å²) in [4.78, 5) is 15.3. The maximum Gasteiger partial charge on any atom is 0.337 e. The minimum atomic E-state index is -0.376. The van der Waals surface area contributed by atoms with Crippen LogP contribution in [0.4, 0.5) is 0 Å². The van der Waals surface area contributed by atoms with E-state index < -0.39 is 0 Å². The van der Waals surface area contributed by atoms with Crippen molar-refractivity contribution in [1.29, 1.82) is 0 Å². The lowest BCUT2D eigenvalue weighted by Crippen LogP contribution is -2.03. The van der Waals surface area contributed by atoms with Crippen LogP contribution in [0.3, 0.4) is 0 Å². The summed E-state index contributed by atoms with van der Waals surface area (Å²) in [6.07, 6.45) is 0. The molecule has 0 atom stereocenters. The Hall–Kier alpha value is -1.55. The van der Waals surface area contributed by atoms with Crippen molar-refractivity contribution in [3.05, 3.63) is 29.8 Å². The van der Waals surface area contributed by atoms with E-state index in [1.807, 2.05) is 0 Å². The molecule has 0 fully saturated rings. The Morgan fingerprint density at radius 2 is 1.92 bits per heavy atom. The quantitative estimate of drug-likeness (QED) is 0.521. The summed E-state index contributed by atoms with van der Waals surface area (Å²) in [5.41, 5.74) is 0.471. The van der Waals surface area contributed by atoms with Gasteiger partial charge in [0, 0.05) is 0 Å². The zero-order valence-corrected chi connectivity index (χ0v) is 6.61. The molecule has 0 aliphatic rings. The van der Waals surface area contributed by atoms with Crippen molar-refractivity contribution in [3.63, 3.8) is 0 Å². The van der Waals surface area contributed by atoms with Crippen molar-refractivity contribution in [3.8, 4) is 5.75 Å². The number of ether oxygens (including phenoxy) is 1. The highest BCUT2D eigenvalue weighted by Crippen LogP contribution is 2.10. The van der Waals surface area contributed by atoms with Crippen LogP contribution in [0.2, 0.25) is 0 Å². The second kappa shape index (κ2) is 3.73. The Morgan fingerprint density at radius 1 is 1.33 bits per heavy atom. The van der Waals surface area contributed by atoms with E-state index in [1.54, 1.807) is 24.3 Å². The van der Waals surface area contributed by atoms with Gasteiger partial charge in [0.15, 0.2) is 0 Å². The Morgan fingerprint density at radius 3 is 2.33 bits per heavy atom. The molecule has 0 saturated carbocycles. The van der Waals surface area contributed by atoms with Crippen LogP contribution in [0.25, 0.3) is 0 Å². The molecule has 0 amide bonds. The number of hydrogen-bond acceptors (Lipinski definition) is 4. The first-order valence-electron chi connectivity index (χ1n) is 3.33. The number of hydrogen-bond donors (Lipinski definition) is 1. The van der Waals surface area contributed by atoms with Crippen LogP contribution in [-0.2, 0) is 4.74 Å². The van der Waals surface area contributed by atoms with Gasteiger partial charge in [-0.15, -0.1) is 0 Å². The zero-order valence-electron chi connectivity index (χ0n) is 6.61. The number of nitrogens with two attached hydrogens (primary N) is 1. The Labute approximate surface area is 69.8 Å². The fourth-order valence-electron chi connectivity index (χ4n) is 0.787. The van der Waals surface area contributed by atoms with Gasteiger partial charge in [0.25, 0.3) is 0 Å². The summed E-state index contributed by atoms with van der Waals surface area (Å²) in [6.45, 7) is 0. The Bertz CT molecular complexity index is 268. The molecule has 0 aliphatic heterocycles. The van der Waals surface area contributed by atoms with Gasteiger partial charge < -0.3 is 9.57 Å². The average Bonchev–Trinajstić information content (AvgIpc) is 2.17. The number of methoxy groups -OCH3 is 1. The molecule has 4 heteroatoms. The molecule has 0 aliphatic carbocycles. The van der Waals surface area contributed by atoms with E-state index in [0.717, 1.165) is 0 Å². The van der Waals surface area contributed by atoms with Crippen molar-refractivity contribution >= 4 is 5.97 Å². The standard InChI is InChI=1S/C8H9NO3/c1-11-8(10)6-2-4-7(12-9)5-3-6/h2-5H,9H2,1H3. The number of esters is 1. The van der Waals surface area contributed by atoms with E-state index in [1.165, 1.54) is 7.11 Å². The van der Waals surface area contributed by atoms with Crippen molar-refractivity contribution in [2.45, 2.75) is 0 Å². The number of rotatable bonds is 2. The summed E-state index contributed by atoms with van der Waals surface area (Å²) in [6, 6.07) is 6.33.